The standard InChI is InChI=1S/C17H26O9/c1-8(19)26-17(2)5-3-9-4-6-23-15(11(9)17)25-16-14(22)13(21)12(20)10(7-18)24-16/h4,6,9-16,18,20-22H,3,5,7H2,1-2H3/t9?,10-,11?,12-,13+,14-,15+,16+,17+/m1/s1. The highest BCUT2D eigenvalue weighted by Crippen LogP contribution is 2.48. The van der Waals surface area contributed by atoms with E-state index in [2.05, 4.69) is 0 Å². The third kappa shape index (κ3) is 3.47. The van der Waals surface area contributed by atoms with Gasteiger partial charge in [0.25, 0.3) is 0 Å². The number of ether oxygens (including phenoxy) is 4. The van der Waals surface area contributed by atoms with Crippen molar-refractivity contribution in [2.45, 2.75) is 69.3 Å². The second-order valence-electron chi connectivity index (χ2n) is 7.30. The van der Waals surface area contributed by atoms with Gasteiger partial charge in [-0.3, -0.25) is 4.79 Å². The Morgan fingerprint density at radius 1 is 1.23 bits per heavy atom. The molecule has 0 aromatic rings. The van der Waals surface area contributed by atoms with Crippen molar-refractivity contribution in [3.8, 4) is 0 Å². The van der Waals surface area contributed by atoms with Gasteiger partial charge in [0.1, 0.15) is 30.0 Å². The Morgan fingerprint density at radius 3 is 2.62 bits per heavy atom. The van der Waals surface area contributed by atoms with E-state index < -0.39 is 55.2 Å². The van der Waals surface area contributed by atoms with E-state index in [0.717, 1.165) is 6.42 Å². The van der Waals surface area contributed by atoms with Crippen LogP contribution in [0.1, 0.15) is 26.7 Å². The summed E-state index contributed by atoms with van der Waals surface area (Å²) < 4.78 is 22.2. The maximum absolute atomic E-state index is 11.5. The zero-order valence-corrected chi connectivity index (χ0v) is 14.7. The predicted molar refractivity (Wildman–Crippen MR) is 85.3 cm³/mol. The fraction of sp³-hybridized carbons (Fsp3) is 0.824. The molecule has 3 aliphatic rings. The number of carbonyl (C=O) groups is 1. The molecule has 2 aliphatic heterocycles. The van der Waals surface area contributed by atoms with Gasteiger partial charge in [-0.2, -0.15) is 0 Å². The van der Waals surface area contributed by atoms with Crippen molar-refractivity contribution in [1.82, 2.24) is 0 Å². The molecule has 0 radical (unpaired) electrons. The zero-order chi connectivity index (χ0) is 19.1. The van der Waals surface area contributed by atoms with Crippen molar-refractivity contribution >= 4 is 5.97 Å². The summed E-state index contributed by atoms with van der Waals surface area (Å²) in [5, 5.41) is 39.2. The highest BCUT2D eigenvalue weighted by molar-refractivity contribution is 5.66. The molecule has 9 nitrogen and oxygen atoms in total. The van der Waals surface area contributed by atoms with E-state index in [1.807, 2.05) is 13.0 Å². The fourth-order valence-electron chi connectivity index (χ4n) is 4.14. The van der Waals surface area contributed by atoms with Gasteiger partial charge in [0.2, 0.25) is 6.29 Å². The molecule has 148 valence electrons. The van der Waals surface area contributed by atoms with E-state index in [-0.39, 0.29) is 11.8 Å². The van der Waals surface area contributed by atoms with Crippen LogP contribution in [0.25, 0.3) is 0 Å². The lowest BCUT2D eigenvalue weighted by Gasteiger charge is -2.44. The van der Waals surface area contributed by atoms with Crippen LogP contribution in [0.5, 0.6) is 0 Å². The number of esters is 1. The van der Waals surface area contributed by atoms with Crippen LogP contribution >= 0.6 is 0 Å². The Balaban J connectivity index is 1.77. The summed E-state index contributed by atoms with van der Waals surface area (Å²) in [6.07, 6.45) is -3.02. The number of rotatable bonds is 4. The molecule has 2 unspecified atom stereocenters. The summed E-state index contributed by atoms with van der Waals surface area (Å²) in [7, 11) is 0. The Labute approximate surface area is 151 Å². The van der Waals surface area contributed by atoms with Crippen molar-refractivity contribution in [2.24, 2.45) is 11.8 Å². The SMILES string of the molecule is CC(=O)O[C@@]1(C)CCC2C=CO[C@@H](O[C@@H]3O[C@H](CO)[C@@H](O)[C@H](O)[C@H]3O)C21. The van der Waals surface area contributed by atoms with Crippen LogP contribution in [0.2, 0.25) is 0 Å². The molecule has 1 saturated carbocycles. The van der Waals surface area contributed by atoms with Crippen LogP contribution in [0, 0.1) is 11.8 Å². The zero-order valence-electron chi connectivity index (χ0n) is 14.7. The van der Waals surface area contributed by atoms with Crippen LogP contribution in [-0.4, -0.2) is 75.6 Å². The lowest BCUT2D eigenvalue weighted by atomic mass is 9.85. The second-order valence-corrected chi connectivity index (χ2v) is 7.30. The first-order chi connectivity index (χ1) is 12.3. The summed E-state index contributed by atoms with van der Waals surface area (Å²) in [6, 6.07) is 0. The molecule has 0 amide bonds. The second kappa shape index (κ2) is 7.41. The molecule has 1 saturated heterocycles. The van der Waals surface area contributed by atoms with Gasteiger partial charge < -0.3 is 39.4 Å². The first-order valence-corrected chi connectivity index (χ1v) is 8.74. The lowest BCUT2D eigenvalue weighted by molar-refractivity contribution is -0.346. The maximum Gasteiger partial charge on any atom is 0.303 e. The van der Waals surface area contributed by atoms with Gasteiger partial charge in [0.05, 0.1) is 18.8 Å². The average molecular weight is 374 g/mol. The summed E-state index contributed by atoms with van der Waals surface area (Å²) in [5.41, 5.74) is -0.806. The number of fused-ring (bicyclic) bond motifs is 1. The molecule has 0 aromatic carbocycles. The smallest absolute Gasteiger partial charge is 0.303 e. The van der Waals surface area contributed by atoms with E-state index >= 15 is 0 Å². The van der Waals surface area contributed by atoms with Crippen molar-refractivity contribution in [2.75, 3.05) is 6.61 Å². The van der Waals surface area contributed by atoms with Crippen molar-refractivity contribution < 1.29 is 44.2 Å². The molecule has 9 heteroatoms. The van der Waals surface area contributed by atoms with Crippen molar-refractivity contribution in [3.05, 3.63) is 12.3 Å². The first-order valence-electron chi connectivity index (χ1n) is 8.74. The minimum absolute atomic E-state index is 0.0583. The molecule has 0 aromatic heterocycles. The molecule has 0 spiro atoms. The number of aliphatic hydroxyl groups is 4. The fourth-order valence-corrected chi connectivity index (χ4v) is 4.14. The van der Waals surface area contributed by atoms with Crippen LogP contribution in [0.3, 0.4) is 0 Å². The number of carbonyl (C=O) groups excluding carboxylic acids is 1. The van der Waals surface area contributed by atoms with Gasteiger partial charge in [-0.1, -0.05) is 0 Å². The van der Waals surface area contributed by atoms with E-state index in [0.29, 0.717) is 6.42 Å². The maximum atomic E-state index is 11.5. The van der Waals surface area contributed by atoms with Gasteiger partial charge in [-0.25, -0.2) is 0 Å². The predicted octanol–water partition coefficient (Wildman–Crippen LogP) is -0.979. The van der Waals surface area contributed by atoms with Crippen molar-refractivity contribution in [1.29, 1.82) is 0 Å². The van der Waals surface area contributed by atoms with E-state index in [4.69, 9.17) is 18.9 Å². The third-order valence-corrected chi connectivity index (χ3v) is 5.47. The molecular formula is C17H26O9. The monoisotopic (exact) mass is 374 g/mol. The molecule has 2 fully saturated rings. The molecule has 2 heterocycles. The van der Waals surface area contributed by atoms with Crippen molar-refractivity contribution in [3.63, 3.8) is 0 Å². The van der Waals surface area contributed by atoms with E-state index in [1.54, 1.807) is 0 Å². The minimum Gasteiger partial charge on any atom is -0.472 e. The van der Waals surface area contributed by atoms with E-state index in [1.165, 1.54) is 13.2 Å². The summed E-state index contributed by atoms with van der Waals surface area (Å²) in [4.78, 5) is 11.5. The highest BCUT2D eigenvalue weighted by atomic mass is 16.8. The normalized spacial score (nSPS) is 47.9. The Hall–Kier alpha value is -1.23. The topological polar surface area (TPSA) is 135 Å². The number of hydrogen-bond acceptors (Lipinski definition) is 9. The summed E-state index contributed by atoms with van der Waals surface area (Å²) >= 11 is 0. The summed E-state index contributed by atoms with van der Waals surface area (Å²) in [5.74, 6) is -0.680. The molecule has 1 aliphatic carbocycles. The molecule has 26 heavy (non-hydrogen) atoms. The quantitative estimate of drug-likeness (QED) is 0.458. The van der Waals surface area contributed by atoms with Gasteiger partial charge >= 0.3 is 5.97 Å². The van der Waals surface area contributed by atoms with Crippen LogP contribution in [-0.2, 0) is 23.7 Å². The highest BCUT2D eigenvalue weighted by Gasteiger charge is 2.55. The first kappa shape index (κ1) is 19.5. The number of hydrogen-bond donors (Lipinski definition) is 4. The molecule has 4 N–H and O–H groups in total. The van der Waals surface area contributed by atoms with Crippen LogP contribution in [0.4, 0.5) is 0 Å². The van der Waals surface area contributed by atoms with Gasteiger partial charge in [-0.05, 0) is 31.8 Å². The largest absolute Gasteiger partial charge is 0.472 e. The molecule has 3 rings (SSSR count). The number of aliphatic hydroxyl groups excluding tert-OH is 4. The van der Waals surface area contributed by atoms with Gasteiger partial charge in [-0.15, -0.1) is 0 Å². The minimum atomic E-state index is -1.54. The van der Waals surface area contributed by atoms with Gasteiger partial charge in [0.15, 0.2) is 6.29 Å². The molecule has 9 atom stereocenters. The summed E-state index contributed by atoms with van der Waals surface area (Å²) in [6.45, 7) is 2.60. The Bertz CT molecular complexity index is 550. The number of allylic oxidation sites excluding steroid dienone is 1. The third-order valence-electron chi connectivity index (χ3n) is 5.47. The molecular weight excluding hydrogens is 348 g/mol. The Morgan fingerprint density at radius 2 is 1.96 bits per heavy atom. The van der Waals surface area contributed by atoms with Gasteiger partial charge in [0, 0.05) is 6.92 Å². The van der Waals surface area contributed by atoms with Crippen LogP contribution < -0.4 is 0 Å². The molecule has 0 bridgehead atoms. The average Bonchev–Trinajstić information content (AvgIpc) is 2.92. The Kier molecular flexibility index (Phi) is 5.57. The van der Waals surface area contributed by atoms with E-state index in [9.17, 15) is 25.2 Å². The lowest BCUT2D eigenvalue weighted by Crippen LogP contribution is -2.60. The van der Waals surface area contributed by atoms with Crippen LogP contribution in [0.15, 0.2) is 12.3 Å².